The Hall–Kier alpha value is -3.22. The molecule has 0 heterocycles. The van der Waals surface area contributed by atoms with Gasteiger partial charge >= 0.3 is 6.09 Å². The maximum Gasteiger partial charge on any atom is 0.411 e. The van der Waals surface area contributed by atoms with Gasteiger partial charge in [0.05, 0.1) is 13.7 Å². The van der Waals surface area contributed by atoms with Crippen molar-refractivity contribution in [2.24, 2.45) is 4.99 Å². The number of benzene rings is 2. The molecule has 0 aliphatic rings. The Morgan fingerprint density at radius 1 is 1.11 bits per heavy atom. The van der Waals surface area contributed by atoms with Crippen molar-refractivity contribution in [3.63, 3.8) is 0 Å². The number of amides is 1. The Bertz CT molecular complexity index is 790. The van der Waals surface area contributed by atoms with Crippen LogP contribution in [-0.2, 0) is 11.3 Å². The fraction of sp³-hybridized carbons (Fsp3) is 0.333. The van der Waals surface area contributed by atoms with E-state index in [9.17, 15) is 4.79 Å². The van der Waals surface area contributed by atoms with E-state index in [0.29, 0.717) is 24.7 Å². The molecule has 7 nitrogen and oxygen atoms in total. The van der Waals surface area contributed by atoms with E-state index in [1.807, 2.05) is 62.4 Å². The molecule has 0 aliphatic carbocycles. The first-order valence-corrected chi connectivity index (χ1v) is 9.12. The van der Waals surface area contributed by atoms with Gasteiger partial charge in [0, 0.05) is 19.3 Å². The van der Waals surface area contributed by atoms with Crippen LogP contribution in [0.1, 0.15) is 18.1 Å². The van der Waals surface area contributed by atoms with Crippen molar-refractivity contribution in [3.05, 3.63) is 59.7 Å². The Labute approximate surface area is 166 Å². The maximum absolute atomic E-state index is 11.2. The molecule has 0 aliphatic heterocycles. The van der Waals surface area contributed by atoms with Gasteiger partial charge in [-0.15, -0.1) is 0 Å². The van der Waals surface area contributed by atoms with E-state index in [4.69, 9.17) is 4.74 Å². The number of aliphatic imine (C=N–C) groups is 1. The number of anilines is 1. The number of ether oxygens (including phenoxy) is 2. The van der Waals surface area contributed by atoms with Crippen LogP contribution in [0.25, 0.3) is 0 Å². The van der Waals surface area contributed by atoms with E-state index in [-0.39, 0.29) is 6.10 Å². The molecule has 0 saturated carbocycles. The third-order valence-electron chi connectivity index (χ3n) is 4.05. The standard InChI is InChI=1S/C21H28N4O3/c1-15-7-5-6-8-19(15)28-16(2)13-23-20(22-3)24-14-17-9-11-18(12-10-17)25-21(26)27-4/h5-12,16H,13-14H2,1-4H3,(H,25,26)(H2,22,23,24). The largest absolute Gasteiger partial charge is 0.489 e. The summed E-state index contributed by atoms with van der Waals surface area (Å²) in [6.07, 6.45) is -0.499. The molecule has 7 heteroatoms. The first kappa shape index (κ1) is 21.1. The normalized spacial score (nSPS) is 12.1. The van der Waals surface area contributed by atoms with Gasteiger partial charge in [0.15, 0.2) is 5.96 Å². The SMILES string of the molecule is CN=C(NCc1ccc(NC(=O)OC)cc1)NCC(C)Oc1ccccc1C. The third kappa shape index (κ3) is 6.83. The monoisotopic (exact) mass is 384 g/mol. The third-order valence-corrected chi connectivity index (χ3v) is 4.05. The molecule has 1 atom stereocenters. The lowest BCUT2D eigenvalue weighted by molar-refractivity contribution is 0.187. The highest BCUT2D eigenvalue weighted by atomic mass is 16.5. The van der Waals surface area contributed by atoms with E-state index in [1.165, 1.54) is 7.11 Å². The van der Waals surface area contributed by atoms with Crippen molar-refractivity contribution in [2.75, 3.05) is 26.0 Å². The maximum atomic E-state index is 11.2. The number of methoxy groups -OCH3 is 1. The zero-order valence-corrected chi connectivity index (χ0v) is 16.8. The number of guanidine groups is 1. The summed E-state index contributed by atoms with van der Waals surface area (Å²) in [7, 11) is 3.06. The summed E-state index contributed by atoms with van der Waals surface area (Å²) in [5, 5.41) is 9.14. The number of aryl methyl sites for hydroxylation is 1. The molecule has 0 saturated heterocycles. The minimum Gasteiger partial charge on any atom is -0.489 e. The van der Waals surface area contributed by atoms with Crippen molar-refractivity contribution in [3.8, 4) is 5.75 Å². The van der Waals surface area contributed by atoms with Crippen LogP contribution in [-0.4, -0.2) is 38.9 Å². The van der Waals surface area contributed by atoms with Gasteiger partial charge in [0.25, 0.3) is 0 Å². The van der Waals surface area contributed by atoms with Crippen LogP contribution in [0.4, 0.5) is 10.5 Å². The average Bonchev–Trinajstić information content (AvgIpc) is 2.71. The fourth-order valence-electron chi connectivity index (χ4n) is 2.47. The van der Waals surface area contributed by atoms with Crippen molar-refractivity contribution in [1.82, 2.24) is 10.6 Å². The first-order chi connectivity index (χ1) is 13.5. The minimum atomic E-state index is -0.488. The van der Waals surface area contributed by atoms with Gasteiger partial charge < -0.3 is 20.1 Å². The number of nitrogens with zero attached hydrogens (tertiary/aromatic N) is 1. The number of hydrogen-bond acceptors (Lipinski definition) is 4. The summed E-state index contributed by atoms with van der Waals surface area (Å²) >= 11 is 0. The molecule has 0 spiro atoms. The van der Waals surface area contributed by atoms with Crippen molar-refractivity contribution < 1.29 is 14.3 Å². The second kappa shape index (κ2) is 10.8. The van der Waals surface area contributed by atoms with Crippen LogP contribution in [0, 0.1) is 6.92 Å². The van der Waals surface area contributed by atoms with Gasteiger partial charge in [-0.3, -0.25) is 10.3 Å². The van der Waals surface area contributed by atoms with Gasteiger partial charge in [-0.1, -0.05) is 30.3 Å². The van der Waals surface area contributed by atoms with Crippen LogP contribution in [0.2, 0.25) is 0 Å². The Morgan fingerprint density at radius 3 is 2.46 bits per heavy atom. The Balaban J connectivity index is 1.78. The van der Waals surface area contributed by atoms with E-state index in [2.05, 4.69) is 25.7 Å². The predicted octanol–water partition coefficient (Wildman–Crippen LogP) is 3.31. The molecule has 1 amide bonds. The summed E-state index contributed by atoms with van der Waals surface area (Å²) in [5.74, 6) is 1.58. The molecule has 0 fully saturated rings. The van der Waals surface area contributed by atoms with Crippen LogP contribution in [0.15, 0.2) is 53.5 Å². The number of nitrogens with one attached hydrogen (secondary N) is 3. The molecule has 150 valence electrons. The highest BCUT2D eigenvalue weighted by Gasteiger charge is 2.07. The van der Waals surface area contributed by atoms with Crippen molar-refractivity contribution in [1.29, 1.82) is 0 Å². The lowest BCUT2D eigenvalue weighted by Crippen LogP contribution is -2.41. The van der Waals surface area contributed by atoms with Crippen molar-refractivity contribution >= 4 is 17.7 Å². The van der Waals surface area contributed by atoms with Crippen LogP contribution >= 0.6 is 0 Å². The molecule has 2 aromatic rings. The van der Waals surface area contributed by atoms with E-state index in [1.54, 1.807) is 7.05 Å². The topological polar surface area (TPSA) is 84.0 Å². The number of carbonyl (C=O) groups excluding carboxylic acids is 1. The average molecular weight is 384 g/mol. The van der Waals surface area contributed by atoms with Gasteiger partial charge in [-0.2, -0.15) is 0 Å². The Morgan fingerprint density at radius 2 is 1.82 bits per heavy atom. The van der Waals surface area contributed by atoms with Crippen LogP contribution in [0.3, 0.4) is 0 Å². The number of carbonyl (C=O) groups is 1. The summed E-state index contributed by atoms with van der Waals surface area (Å²) < 4.78 is 10.5. The molecule has 2 rings (SSSR count). The molecule has 0 bridgehead atoms. The van der Waals surface area contributed by atoms with Gasteiger partial charge in [-0.05, 0) is 43.2 Å². The molecule has 0 aromatic heterocycles. The molecule has 28 heavy (non-hydrogen) atoms. The summed E-state index contributed by atoms with van der Waals surface area (Å²) in [5.41, 5.74) is 2.85. The summed E-state index contributed by atoms with van der Waals surface area (Å²) in [6.45, 7) is 5.27. The predicted molar refractivity (Wildman–Crippen MR) is 112 cm³/mol. The lowest BCUT2D eigenvalue weighted by Gasteiger charge is -2.19. The van der Waals surface area contributed by atoms with Gasteiger partial charge in [0.1, 0.15) is 11.9 Å². The summed E-state index contributed by atoms with van der Waals surface area (Å²) in [4.78, 5) is 15.4. The van der Waals surface area contributed by atoms with E-state index in [0.717, 1.165) is 16.9 Å². The quantitative estimate of drug-likeness (QED) is 0.504. The number of rotatable bonds is 7. The van der Waals surface area contributed by atoms with Gasteiger partial charge in [-0.25, -0.2) is 4.79 Å². The van der Waals surface area contributed by atoms with Crippen LogP contribution in [0.5, 0.6) is 5.75 Å². The lowest BCUT2D eigenvalue weighted by atomic mass is 10.2. The summed E-state index contributed by atoms with van der Waals surface area (Å²) in [6, 6.07) is 15.5. The zero-order valence-electron chi connectivity index (χ0n) is 16.8. The van der Waals surface area contributed by atoms with Crippen LogP contribution < -0.4 is 20.7 Å². The zero-order chi connectivity index (χ0) is 20.4. The molecule has 2 aromatic carbocycles. The number of hydrogen-bond donors (Lipinski definition) is 3. The Kier molecular flexibility index (Phi) is 8.14. The highest BCUT2D eigenvalue weighted by Crippen LogP contribution is 2.17. The second-order valence-electron chi connectivity index (χ2n) is 6.31. The van der Waals surface area contributed by atoms with E-state index >= 15 is 0 Å². The molecular formula is C21H28N4O3. The molecular weight excluding hydrogens is 356 g/mol. The fourth-order valence-corrected chi connectivity index (χ4v) is 2.47. The highest BCUT2D eigenvalue weighted by molar-refractivity contribution is 5.84. The minimum absolute atomic E-state index is 0.0108. The number of para-hydroxylation sites is 1. The molecule has 0 radical (unpaired) electrons. The molecule has 1 unspecified atom stereocenters. The van der Waals surface area contributed by atoms with Gasteiger partial charge in [0.2, 0.25) is 0 Å². The second-order valence-corrected chi connectivity index (χ2v) is 6.31. The smallest absolute Gasteiger partial charge is 0.411 e. The first-order valence-electron chi connectivity index (χ1n) is 9.12. The van der Waals surface area contributed by atoms with Crippen molar-refractivity contribution in [2.45, 2.75) is 26.5 Å². The van der Waals surface area contributed by atoms with E-state index < -0.39 is 6.09 Å². The molecule has 3 N–H and O–H groups in total.